The van der Waals surface area contributed by atoms with E-state index in [0.29, 0.717) is 0 Å². The molecule has 0 N–H and O–H groups in total. The summed E-state index contributed by atoms with van der Waals surface area (Å²) in [5.74, 6) is 0. The lowest BCUT2D eigenvalue weighted by Crippen LogP contribution is -1.93. The van der Waals surface area contributed by atoms with Gasteiger partial charge in [-0.25, -0.2) is 0 Å². The number of thiophene rings is 1. The number of hydrogen-bond donors (Lipinski definition) is 0. The summed E-state index contributed by atoms with van der Waals surface area (Å²) in [6.45, 7) is 2.02. The molecule has 1 aromatic heterocycles. The van der Waals surface area contributed by atoms with Crippen LogP contribution < -0.4 is 0 Å². The zero-order valence-corrected chi connectivity index (χ0v) is 14.6. The van der Waals surface area contributed by atoms with Crippen molar-refractivity contribution in [3.05, 3.63) is 68.0 Å². The quantitative estimate of drug-likeness (QED) is 0.418. The molecule has 0 saturated heterocycles. The highest BCUT2D eigenvalue weighted by Crippen LogP contribution is 2.41. The first-order valence-electron chi connectivity index (χ1n) is 6.13. The van der Waals surface area contributed by atoms with Crippen molar-refractivity contribution >= 4 is 60.6 Å². The summed E-state index contributed by atoms with van der Waals surface area (Å²) >= 11 is 18.3. The average Bonchev–Trinajstić information content (AvgIpc) is 2.83. The van der Waals surface area contributed by atoms with Crippen LogP contribution in [-0.2, 0) is 0 Å². The highest BCUT2D eigenvalue weighted by molar-refractivity contribution is 9.10. The summed E-state index contributed by atoms with van der Waals surface area (Å²) in [7, 11) is 0. The Balaban J connectivity index is 2.13. The molecule has 0 fully saturated rings. The lowest BCUT2D eigenvalue weighted by atomic mass is 10.0. The number of fused-ring (bicyclic) bond motifs is 1. The molecule has 0 saturated carbocycles. The van der Waals surface area contributed by atoms with Gasteiger partial charge in [0, 0.05) is 14.2 Å². The van der Waals surface area contributed by atoms with E-state index in [1.807, 2.05) is 37.3 Å². The number of aryl methyl sites for hydroxylation is 1. The number of alkyl halides is 1. The first kappa shape index (κ1) is 14.4. The maximum absolute atomic E-state index is 6.67. The van der Waals surface area contributed by atoms with Crippen molar-refractivity contribution in [2.75, 3.05) is 0 Å². The van der Waals surface area contributed by atoms with Gasteiger partial charge in [-0.15, -0.1) is 22.9 Å². The van der Waals surface area contributed by atoms with Crippen molar-refractivity contribution in [1.29, 1.82) is 0 Å². The predicted molar refractivity (Wildman–Crippen MR) is 93.4 cm³/mol. The summed E-state index contributed by atoms with van der Waals surface area (Å²) in [5, 5.41) is 3.79. The third-order valence-corrected chi connectivity index (χ3v) is 6.05. The van der Waals surface area contributed by atoms with Crippen LogP contribution in [0.2, 0.25) is 5.02 Å². The van der Waals surface area contributed by atoms with E-state index in [9.17, 15) is 0 Å². The molecule has 102 valence electrons. The molecule has 2 aromatic carbocycles. The summed E-state index contributed by atoms with van der Waals surface area (Å²) in [6, 6.07) is 12.2. The van der Waals surface area contributed by atoms with Gasteiger partial charge in [-0.3, -0.25) is 0 Å². The second-order valence-electron chi connectivity index (χ2n) is 4.70. The van der Waals surface area contributed by atoms with Gasteiger partial charge < -0.3 is 0 Å². The second kappa shape index (κ2) is 5.69. The molecule has 20 heavy (non-hydrogen) atoms. The zero-order valence-electron chi connectivity index (χ0n) is 10.7. The van der Waals surface area contributed by atoms with Crippen molar-refractivity contribution in [3.63, 3.8) is 0 Å². The average molecular weight is 386 g/mol. The first-order valence-corrected chi connectivity index (χ1v) is 8.62. The second-order valence-corrected chi connectivity index (χ2v) is 7.27. The Morgan fingerprint density at radius 2 is 1.95 bits per heavy atom. The molecule has 0 aliphatic carbocycles. The van der Waals surface area contributed by atoms with Crippen molar-refractivity contribution in [1.82, 2.24) is 0 Å². The van der Waals surface area contributed by atoms with Gasteiger partial charge in [0.15, 0.2) is 0 Å². The molecule has 4 heteroatoms. The van der Waals surface area contributed by atoms with Crippen molar-refractivity contribution < 1.29 is 0 Å². The van der Waals surface area contributed by atoms with Crippen molar-refractivity contribution in [3.8, 4) is 0 Å². The van der Waals surface area contributed by atoms with Crippen LogP contribution in [0.5, 0.6) is 0 Å². The third-order valence-electron chi connectivity index (χ3n) is 3.28. The third kappa shape index (κ3) is 2.50. The summed E-state index contributed by atoms with van der Waals surface area (Å²) in [4.78, 5) is 0. The van der Waals surface area contributed by atoms with Gasteiger partial charge in [-0.1, -0.05) is 35.9 Å². The minimum absolute atomic E-state index is 0.230. The minimum atomic E-state index is -0.230. The van der Waals surface area contributed by atoms with Crippen LogP contribution in [0.1, 0.15) is 22.1 Å². The molecule has 0 nitrogen and oxygen atoms in total. The van der Waals surface area contributed by atoms with E-state index in [4.69, 9.17) is 23.2 Å². The van der Waals surface area contributed by atoms with Gasteiger partial charge in [0.1, 0.15) is 0 Å². The van der Waals surface area contributed by atoms with Gasteiger partial charge >= 0.3 is 0 Å². The van der Waals surface area contributed by atoms with Crippen molar-refractivity contribution in [2.45, 2.75) is 12.3 Å². The van der Waals surface area contributed by atoms with Gasteiger partial charge in [-0.2, -0.15) is 0 Å². The maximum atomic E-state index is 6.67. The van der Waals surface area contributed by atoms with Crippen LogP contribution in [0.4, 0.5) is 0 Å². The van der Waals surface area contributed by atoms with E-state index in [-0.39, 0.29) is 5.38 Å². The van der Waals surface area contributed by atoms with Crippen LogP contribution in [0, 0.1) is 6.92 Å². The summed E-state index contributed by atoms with van der Waals surface area (Å²) in [5.41, 5.74) is 3.21. The Kier molecular flexibility index (Phi) is 4.09. The summed E-state index contributed by atoms with van der Waals surface area (Å²) in [6.07, 6.45) is 0. The topological polar surface area (TPSA) is 0 Å². The molecular formula is C16H11BrCl2S. The molecule has 1 atom stereocenters. The molecule has 0 aliphatic heterocycles. The Labute approximate surface area is 140 Å². The molecule has 0 spiro atoms. The SMILES string of the molecule is Cc1ccc(C(Cl)c2csc3c(Br)cccc23)c(Cl)c1. The van der Waals surface area contributed by atoms with E-state index in [0.717, 1.165) is 26.2 Å². The standard InChI is InChI=1S/C16H11BrCl2S/c1-9-5-6-11(14(18)7-9)15(19)12-8-20-16-10(12)3-2-4-13(16)17/h2-8,15H,1H3. The van der Waals surface area contributed by atoms with Gasteiger partial charge in [0.2, 0.25) is 0 Å². The fraction of sp³-hybridized carbons (Fsp3) is 0.125. The van der Waals surface area contributed by atoms with E-state index in [2.05, 4.69) is 27.4 Å². The molecule has 0 amide bonds. The largest absolute Gasteiger partial charge is 0.142 e. The van der Waals surface area contributed by atoms with Crippen LogP contribution in [-0.4, -0.2) is 0 Å². The first-order chi connectivity index (χ1) is 9.58. The molecule has 1 unspecified atom stereocenters. The Morgan fingerprint density at radius 3 is 2.70 bits per heavy atom. The van der Waals surface area contributed by atoms with Gasteiger partial charge in [0.05, 0.1) is 5.38 Å². The van der Waals surface area contributed by atoms with Crippen LogP contribution >= 0.6 is 50.5 Å². The van der Waals surface area contributed by atoms with Crippen LogP contribution in [0.3, 0.4) is 0 Å². The Morgan fingerprint density at radius 1 is 1.15 bits per heavy atom. The van der Waals surface area contributed by atoms with Crippen molar-refractivity contribution in [2.24, 2.45) is 0 Å². The highest BCUT2D eigenvalue weighted by Gasteiger charge is 2.18. The molecule has 0 bridgehead atoms. The number of halogens is 3. The molecule has 0 aliphatic rings. The normalized spacial score (nSPS) is 12.8. The fourth-order valence-corrected chi connectivity index (χ4v) is 4.74. The van der Waals surface area contributed by atoms with E-state index >= 15 is 0 Å². The number of benzene rings is 2. The lowest BCUT2D eigenvalue weighted by molar-refractivity contribution is 1.16. The predicted octanol–water partition coefficient (Wildman–Crippen LogP) is 6.95. The lowest BCUT2D eigenvalue weighted by Gasteiger charge is -2.12. The Hall–Kier alpha value is -0.540. The minimum Gasteiger partial charge on any atom is -0.142 e. The van der Waals surface area contributed by atoms with Crippen LogP contribution in [0.25, 0.3) is 10.1 Å². The van der Waals surface area contributed by atoms with Gasteiger partial charge in [0.25, 0.3) is 0 Å². The monoisotopic (exact) mass is 384 g/mol. The smallest absolute Gasteiger partial charge is 0.0863 e. The summed E-state index contributed by atoms with van der Waals surface area (Å²) < 4.78 is 2.32. The molecule has 3 aromatic rings. The molecule has 0 radical (unpaired) electrons. The van der Waals surface area contributed by atoms with Gasteiger partial charge in [-0.05, 0) is 62.4 Å². The Bertz CT molecular complexity index is 779. The highest BCUT2D eigenvalue weighted by atomic mass is 79.9. The van der Waals surface area contributed by atoms with E-state index < -0.39 is 0 Å². The maximum Gasteiger partial charge on any atom is 0.0863 e. The van der Waals surface area contributed by atoms with E-state index in [1.54, 1.807) is 11.3 Å². The molecule has 3 rings (SSSR count). The van der Waals surface area contributed by atoms with E-state index in [1.165, 1.54) is 10.1 Å². The molecule has 1 heterocycles. The van der Waals surface area contributed by atoms with Crippen LogP contribution in [0.15, 0.2) is 46.3 Å². The molecular weight excluding hydrogens is 375 g/mol. The zero-order chi connectivity index (χ0) is 14.3. The number of rotatable bonds is 2. The fourth-order valence-electron chi connectivity index (χ4n) is 2.24. The number of hydrogen-bond acceptors (Lipinski definition) is 1.